The van der Waals surface area contributed by atoms with E-state index in [4.69, 9.17) is 16.3 Å². The van der Waals surface area contributed by atoms with Gasteiger partial charge in [0.1, 0.15) is 18.2 Å². The Morgan fingerprint density at radius 1 is 1.21 bits per heavy atom. The molecule has 2 aromatic carbocycles. The van der Waals surface area contributed by atoms with Gasteiger partial charge in [0.15, 0.2) is 0 Å². The van der Waals surface area contributed by atoms with Gasteiger partial charge in [-0.15, -0.1) is 0 Å². The number of aliphatic hydroxyl groups is 1. The Hall–Kier alpha value is -1.58. The third-order valence-corrected chi connectivity index (χ3v) is 2.99. The fourth-order valence-corrected chi connectivity index (χ4v) is 1.81. The molecular formula is C15H14ClFO2. The third-order valence-electron chi connectivity index (χ3n) is 2.74. The van der Waals surface area contributed by atoms with Crippen LogP contribution in [-0.4, -0.2) is 5.11 Å². The highest BCUT2D eigenvalue weighted by Gasteiger charge is 2.09. The highest BCUT2D eigenvalue weighted by atomic mass is 35.5. The lowest BCUT2D eigenvalue weighted by Crippen LogP contribution is -1.99. The van der Waals surface area contributed by atoms with E-state index in [1.54, 1.807) is 18.2 Å². The molecule has 0 radical (unpaired) electrons. The molecule has 100 valence electrons. The van der Waals surface area contributed by atoms with Gasteiger partial charge in [0.2, 0.25) is 0 Å². The van der Waals surface area contributed by atoms with Crippen LogP contribution in [-0.2, 0) is 6.61 Å². The summed E-state index contributed by atoms with van der Waals surface area (Å²) in [4.78, 5) is 0. The summed E-state index contributed by atoms with van der Waals surface area (Å²) in [6.07, 6.45) is -0.828. The molecule has 4 heteroatoms. The predicted molar refractivity (Wildman–Crippen MR) is 72.8 cm³/mol. The monoisotopic (exact) mass is 280 g/mol. The SMILES string of the molecule is CC(O)c1ccc(OCc2ccc(Cl)cc2)cc1F. The summed E-state index contributed by atoms with van der Waals surface area (Å²) in [5, 5.41) is 10.00. The maximum Gasteiger partial charge on any atom is 0.132 e. The van der Waals surface area contributed by atoms with Crippen molar-refractivity contribution in [3.8, 4) is 5.75 Å². The average Bonchev–Trinajstić information content (AvgIpc) is 2.37. The molecule has 0 aliphatic carbocycles. The van der Waals surface area contributed by atoms with Crippen LogP contribution in [0, 0.1) is 5.82 Å². The maximum absolute atomic E-state index is 13.6. The Bertz CT molecular complexity index is 553. The maximum atomic E-state index is 13.6. The van der Waals surface area contributed by atoms with Crippen molar-refractivity contribution in [2.24, 2.45) is 0 Å². The first-order valence-corrected chi connectivity index (χ1v) is 6.29. The van der Waals surface area contributed by atoms with Gasteiger partial charge in [-0.2, -0.15) is 0 Å². The highest BCUT2D eigenvalue weighted by molar-refractivity contribution is 6.30. The van der Waals surface area contributed by atoms with Gasteiger partial charge in [-0.1, -0.05) is 23.7 Å². The van der Waals surface area contributed by atoms with Crippen molar-refractivity contribution in [3.05, 3.63) is 64.4 Å². The molecule has 0 spiro atoms. The molecule has 0 aliphatic heterocycles. The molecule has 19 heavy (non-hydrogen) atoms. The minimum absolute atomic E-state index is 0.263. The molecular weight excluding hydrogens is 267 g/mol. The fourth-order valence-electron chi connectivity index (χ4n) is 1.68. The van der Waals surface area contributed by atoms with E-state index < -0.39 is 11.9 Å². The molecule has 0 saturated heterocycles. The molecule has 0 heterocycles. The molecule has 1 atom stereocenters. The van der Waals surface area contributed by atoms with Crippen molar-refractivity contribution in [1.29, 1.82) is 0 Å². The Morgan fingerprint density at radius 3 is 2.47 bits per heavy atom. The van der Waals surface area contributed by atoms with Gasteiger partial charge in [0.25, 0.3) is 0 Å². The zero-order valence-corrected chi connectivity index (χ0v) is 11.2. The molecule has 0 saturated carbocycles. The van der Waals surface area contributed by atoms with Crippen molar-refractivity contribution in [3.63, 3.8) is 0 Å². The molecule has 2 rings (SSSR count). The van der Waals surface area contributed by atoms with Crippen LogP contribution in [0.15, 0.2) is 42.5 Å². The Labute approximate surface area is 116 Å². The fraction of sp³-hybridized carbons (Fsp3) is 0.200. The summed E-state index contributed by atoms with van der Waals surface area (Å²) in [6, 6.07) is 11.7. The predicted octanol–water partition coefficient (Wildman–Crippen LogP) is 4.11. The number of rotatable bonds is 4. The van der Waals surface area contributed by atoms with Crippen LogP contribution < -0.4 is 4.74 Å². The summed E-state index contributed by atoms with van der Waals surface area (Å²) in [5.41, 5.74) is 1.21. The molecule has 0 amide bonds. The van der Waals surface area contributed by atoms with E-state index in [1.807, 2.05) is 12.1 Å². The van der Waals surface area contributed by atoms with Gasteiger partial charge in [0.05, 0.1) is 6.10 Å². The summed E-state index contributed by atoms with van der Waals surface area (Å²) in [7, 11) is 0. The first kappa shape index (κ1) is 13.8. The minimum atomic E-state index is -0.828. The van der Waals surface area contributed by atoms with Gasteiger partial charge in [-0.3, -0.25) is 0 Å². The summed E-state index contributed by atoms with van der Waals surface area (Å²) in [5.74, 6) is -0.0412. The van der Waals surface area contributed by atoms with E-state index in [-0.39, 0.29) is 5.56 Å². The summed E-state index contributed by atoms with van der Waals surface area (Å²) in [6.45, 7) is 1.86. The first-order valence-electron chi connectivity index (χ1n) is 5.91. The molecule has 2 nitrogen and oxygen atoms in total. The highest BCUT2D eigenvalue weighted by Crippen LogP contribution is 2.22. The molecule has 0 fully saturated rings. The van der Waals surface area contributed by atoms with Crippen LogP contribution in [0.2, 0.25) is 5.02 Å². The first-order chi connectivity index (χ1) is 9.06. The van der Waals surface area contributed by atoms with E-state index in [1.165, 1.54) is 19.1 Å². The van der Waals surface area contributed by atoms with Crippen LogP contribution in [0.1, 0.15) is 24.2 Å². The lowest BCUT2D eigenvalue weighted by Gasteiger charge is -2.10. The van der Waals surface area contributed by atoms with Gasteiger partial charge < -0.3 is 9.84 Å². The molecule has 2 aromatic rings. The van der Waals surface area contributed by atoms with Crippen LogP contribution >= 0.6 is 11.6 Å². The number of ether oxygens (including phenoxy) is 1. The molecule has 0 bridgehead atoms. The number of benzene rings is 2. The topological polar surface area (TPSA) is 29.5 Å². The largest absolute Gasteiger partial charge is 0.489 e. The van der Waals surface area contributed by atoms with Crippen LogP contribution in [0.25, 0.3) is 0 Å². The molecule has 1 N–H and O–H groups in total. The Morgan fingerprint density at radius 2 is 1.89 bits per heavy atom. The van der Waals surface area contributed by atoms with E-state index in [9.17, 15) is 9.50 Å². The lowest BCUT2D eigenvalue weighted by atomic mass is 10.1. The molecule has 1 unspecified atom stereocenters. The van der Waals surface area contributed by atoms with Crippen molar-refractivity contribution >= 4 is 11.6 Å². The van der Waals surface area contributed by atoms with E-state index >= 15 is 0 Å². The van der Waals surface area contributed by atoms with Crippen LogP contribution in [0.5, 0.6) is 5.75 Å². The molecule has 0 aliphatic rings. The Kier molecular flexibility index (Phi) is 4.40. The second kappa shape index (κ2) is 6.04. The molecule has 0 aromatic heterocycles. The van der Waals surface area contributed by atoms with Crippen LogP contribution in [0.3, 0.4) is 0 Å². The number of hydrogen-bond donors (Lipinski definition) is 1. The van der Waals surface area contributed by atoms with Crippen molar-refractivity contribution in [2.75, 3.05) is 0 Å². The van der Waals surface area contributed by atoms with Gasteiger partial charge in [-0.25, -0.2) is 4.39 Å². The number of hydrogen-bond acceptors (Lipinski definition) is 2. The van der Waals surface area contributed by atoms with Gasteiger partial charge in [-0.05, 0) is 36.8 Å². The van der Waals surface area contributed by atoms with Crippen molar-refractivity contribution in [1.82, 2.24) is 0 Å². The average molecular weight is 281 g/mol. The normalized spacial score (nSPS) is 12.2. The second-order valence-electron chi connectivity index (χ2n) is 4.27. The van der Waals surface area contributed by atoms with Crippen molar-refractivity contribution < 1.29 is 14.2 Å². The van der Waals surface area contributed by atoms with E-state index in [0.717, 1.165) is 5.56 Å². The van der Waals surface area contributed by atoms with Crippen molar-refractivity contribution in [2.45, 2.75) is 19.6 Å². The van der Waals surface area contributed by atoms with E-state index in [0.29, 0.717) is 17.4 Å². The zero-order chi connectivity index (χ0) is 13.8. The zero-order valence-electron chi connectivity index (χ0n) is 10.4. The minimum Gasteiger partial charge on any atom is -0.489 e. The summed E-state index contributed by atoms with van der Waals surface area (Å²) < 4.78 is 19.1. The standard InChI is InChI=1S/C15H14ClFO2/c1-10(18)14-7-6-13(8-15(14)17)19-9-11-2-4-12(16)5-3-11/h2-8,10,18H,9H2,1H3. The van der Waals surface area contributed by atoms with Gasteiger partial charge >= 0.3 is 0 Å². The van der Waals surface area contributed by atoms with Gasteiger partial charge in [0, 0.05) is 16.7 Å². The number of halogens is 2. The summed E-state index contributed by atoms with van der Waals surface area (Å²) >= 11 is 5.78. The van der Waals surface area contributed by atoms with Crippen LogP contribution in [0.4, 0.5) is 4.39 Å². The second-order valence-corrected chi connectivity index (χ2v) is 4.71. The quantitative estimate of drug-likeness (QED) is 0.913. The lowest BCUT2D eigenvalue weighted by molar-refractivity contribution is 0.194. The smallest absolute Gasteiger partial charge is 0.132 e. The Balaban J connectivity index is 2.04. The third kappa shape index (κ3) is 3.69. The van der Waals surface area contributed by atoms with E-state index in [2.05, 4.69) is 0 Å². The number of aliphatic hydroxyl groups excluding tert-OH is 1.